The van der Waals surface area contributed by atoms with Gasteiger partial charge in [0.25, 0.3) is 0 Å². The summed E-state index contributed by atoms with van der Waals surface area (Å²) in [7, 11) is -3.36. The van der Waals surface area contributed by atoms with E-state index in [1.54, 1.807) is 0 Å². The molecule has 1 aliphatic carbocycles. The Bertz CT molecular complexity index is 599. The maximum absolute atomic E-state index is 11.5. The van der Waals surface area contributed by atoms with Crippen molar-refractivity contribution < 1.29 is 23.4 Å². The van der Waals surface area contributed by atoms with Crippen LogP contribution in [-0.2, 0) is 20.0 Å². The first-order valence-electron chi connectivity index (χ1n) is 5.50. The largest absolute Gasteiger partial charge is 0.508 e. The normalized spacial score (nSPS) is 17.4. The topological polar surface area (TPSA) is 91.7 Å². The minimum atomic E-state index is -3.36. The van der Waals surface area contributed by atoms with Crippen LogP contribution in [0.2, 0.25) is 0 Å². The number of carboxylic acid groups (broad SMARTS) is 1. The lowest BCUT2D eigenvalue weighted by Gasteiger charge is -2.15. The third kappa shape index (κ3) is 2.33. The molecule has 1 saturated carbocycles. The minimum Gasteiger partial charge on any atom is -0.508 e. The molecule has 98 valence electrons. The van der Waals surface area contributed by atoms with Crippen LogP contribution in [0.1, 0.15) is 24.8 Å². The summed E-state index contributed by atoms with van der Waals surface area (Å²) in [5.41, 5.74) is -0.177. The number of hydrogen-bond acceptors (Lipinski definition) is 4. The van der Waals surface area contributed by atoms with Crippen LogP contribution in [0, 0.1) is 0 Å². The van der Waals surface area contributed by atoms with Crippen molar-refractivity contribution in [1.29, 1.82) is 0 Å². The lowest BCUT2D eigenvalue weighted by atomic mass is 9.92. The van der Waals surface area contributed by atoms with Crippen molar-refractivity contribution in [1.82, 2.24) is 0 Å². The molecule has 0 bridgehead atoms. The number of aliphatic carboxylic acids is 1. The Morgan fingerprint density at radius 2 is 2.00 bits per heavy atom. The van der Waals surface area contributed by atoms with Crippen molar-refractivity contribution in [3.63, 3.8) is 0 Å². The molecular weight excluding hydrogens is 256 g/mol. The zero-order chi connectivity index (χ0) is 13.6. The zero-order valence-electron chi connectivity index (χ0n) is 9.88. The average molecular weight is 270 g/mol. The number of carbonyl (C=O) groups is 1. The summed E-state index contributed by atoms with van der Waals surface area (Å²) >= 11 is 0. The first kappa shape index (κ1) is 12.9. The summed E-state index contributed by atoms with van der Waals surface area (Å²) in [6.07, 6.45) is 2.30. The molecule has 0 amide bonds. The lowest BCUT2D eigenvalue weighted by molar-refractivity contribution is -0.137. The molecule has 0 heterocycles. The van der Waals surface area contributed by atoms with Crippen LogP contribution >= 0.6 is 0 Å². The van der Waals surface area contributed by atoms with Gasteiger partial charge in [-0.15, -0.1) is 0 Å². The summed E-state index contributed by atoms with van der Waals surface area (Å²) in [6.45, 7) is 0. The van der Waals surface area contributed by atoms with Crippen molar-refractivity contribution in [2.45, 2.75) is 29.6 Å². The fraction of sp³-hybridized carbons (Fsp3) is 0.417. The summed E-state index contributed by atoms with van der Waals surface area (Å²) in [5, 5.41) is 18.7. The summed E-state index contributed by atoms with van der Waals surface area (Å²) < 4.78 is 22.9. The summed E-state index contributed by atoms with van der Waals surface area (Å²) in [5.74, 6) is -0.988. The third-order valence-corrected chi connectivity index (χ3v) is 4.42. The van der Waals surface area contributed by atoms with Gasteiger partial charge in [0.1, 0.15) is 5.75 Å². The molecule has 1 aliphatic rings. The fourth-order valence-electron chi connectivity index (χ4n) is 2.15. The monoisotopic (exact) mass is 270 g/mol. The van der Waals surface area contributed by atoms with Gasteiger partial charge in [-0.3, -0.25) is 4.79 Å². The molecule has 1 aromatic rings. The first-order valence-corrected chi connectivity index (χ1v) is 7.39. The lowest BCUT2D eigenvalue weighted by Crippen LogP contribution is -2.14. The van der Waals surface area contributed by atoms with Crippen molar-refractivity contribution in [2.75, 3.05) is 6.26 Å². The number of benzene rings is 1. The van der Waals surface area contributed by atoms with Gasteiger partial charge in [0, 0.05) is 17.2 Å². The highest BCUT2D eigenvalue weighted by molar-refractivity contribution is 7.90. The Balaban J connectivity index is 2.48. The molecule has 18 heavy (non-hydrogen) atoms. The minimum absolute atomic E-state index is 0.0406. The van der Waals surface area contributed by atoms with Crippen LogP contribution in [0.3, 0.4) is 0 Å². The molecule has 0 radical (unpaired) electrons. The molecule has 2 rings (SSSR count). The second-order valence-electron chi connectivity index (χ2n) is 4.80. The van der Waals surface area contributed by atoms with E-state index in [0.29, 0.717) is 18.4 Å². The predicted octanol–water partition coefficient (Wildman–Crippen LogP) is 1.30. The molecule has 1 fully saturated rings. The van der Waals surface area contributed by atoms with E-state index in [2.05, 4.69) is 0 Å². The van der Waals surface area contributed by atoms with E-state index in [1.165, 1.54) is 18.2 Å². The van der Waals surface area contributed by atoms with Crippen LogP contribution < -0.4 is 0 Å². The predicted molar refractivity (Wildman–Crippen MR) is 64.4 cm³/mol. The molecule has 1 aromatic carbocycles. The Labute approximate surface area is 105 Å². The summed E-state index contributed by atoms with van der Waals surface area (Å²) in [4.78, 5) is 10.9. The van der Waals surface area contributed by atoms with Gasteiger partial charge in [0.15, 0.2) is 9.84 Å². The molecule has 6 heteroatoms. The maximum Gasteiger partial charge on any atom is 0.304 e. The highest BCUT2D eigenvalue weighted by Crippen LogP contribution is 2.54. The van der Waals surface area contributed by atoms with Crippen LogP contribution in [0.4, 0.5) is 0 Å². The number of sulfone groups is 1. The van der Waals surface area contributed by atoms with E-state index in [1.807, 2.05) is 0 Å². The molecule has 5 nitrogen and oxygen atoms in total. The van der Waals surface area contributed by atoms with E-state index in [0.717, 1.165) is 6.26 Å². The van der Waals surface area contributed by atoms with Gasteiger partial charge >= 0.3 is 5.97 Å². The van der Waals surface area contributed by atoms with E-state index >= 15 is 0 Å². The number of rotatable bonds is 4. The maximum atomic E-state index is 11.5. The summed E-state index contributed by atoms with van der Waals surface area (Å²) in [6, 6.07) is 4.03. The second-order valence-corrected chi connectivity index (χ2v) is 6.82. The number of phenols is 1. The molecule has 0 aromatic heterocycles. The quantitative estimate of drug-likeness (QED) is 0.860. The number of hydrogen-bond donors (Lipinski definition) is 2. The molecule has 0 saturated heterocycles. The van der Waals surface area contributed by atoms with Crippen molar-refractivity contribution in [3.05, 3.63) is 23.8 Å². The Morgan fingerprint density at radius 1 is 1.39 bits per heavy atom. The van der Waals surface area contributed by atoms with Gasteiger partial charge in [-0.2, -0.15) is 0 Å². The van der Waals surface area contributed by atoms with Crippen molar-refractivity contribution in [3.8, 4) is 5.75 Å². The SMILES string of the molecule is CS(=O)(=O)c1ccc(O)c(C2(CC(=O)O)CC2)c1. The fourth-order valence-corrected chi connectivity index (χ4v) is 2.80. The molecule has 2 N–H and O–H groups in total. The standard InChI is InChI=1S/C12H14O5S/c1-18(16,17)8-2-3-10(13)9(6-8)12(4-5-12)7-11(14)15/h2-3,6,13H,4-5,7H2,1H3,(H,14,15). The molecule has 0 spiro atoms. The smallest absolute Gasteiger partial charge is 0.304 e. The molecule has 0 atom stereocenters. The van der Waals surface area contributed by atoms with Gasteiger partial charge in [-0.25, -0.2) is 8.42 Å². The molecule has 0 aliphatic heterocycles. The van der Waals surface area contributed by atoms with Gasteiger partial charge < -0.3 is 10.2 Å². The number of phenolic OH excluding ortho intramolecular Hbond substituents is 1. The highest BCUT2D eigenvalue weighted by atomic mass is 32.2. The van der Waals surface area contributed by atoms with Crippen LogP contribution in [0.5, 0.6) is 5.75 Å². The van der Waals surface area contributed by atoms with E-state index < -0.39 is 21.2 Å². The Hall–Kier alpha value is -1.56. The van der Waals surface area contributed by atoms with Crippen LogP contribution in [0.15, 0.2) is 23.1 Å². The molecular formula is C12H14O5S. The number of carboxylic acids is 1. The zero-order valence-corrected chi connectivity index (χ0v) is 10.7. The van der Waals surface area contributed by atoms with Gasteiger partial charge in [0.2, 0.25) is 0 Å². The Kier molecular flexibility index (Phi) is 2.85. The van der Waals surface area contributed by atoms with Crippen LogP contribution in [0.25, 0.3) is 0 Å². The van der Waals surface area contributed by atoms with Crippen molar-refractivity contribution >= 4 is 15.8 Å². The van der Waals surface area contributed by atoms with Crippen molar-refractivity contribution in [2.24, 2.45) is 0 Å². The van der Waals surface area contributed by atoms with E-state index in [-0.39, 0.29) is 17.1 Å². The molecule has 0 unspecified atom stereocenters. The van der Waals surface area contributed by atoms with Gasteiger partial charge in [0.05, 0.1) is 11.3 Å². The van der Waals surface area contributed by atoms with Crippen LogP contribution in [-0.4, -0.2) is 30.9 Å². The Morgan fingerprint density at radius 3 is 2.44 bits per heavy atom. The average Bonchev–Trinajstić information content (AvgIpc) is 2.96. The third-order valence-electron chi connectivity index (χ3n) is 3.31. The first-order chi connectivity index (χ1) is 8.24. The van der Waals surface area contributed by atoms with Gasteiger partial charge in [-0.1, -0.05) is 0 Å². The van der Waals surface area contributed by atoms with E-state index in [4.69, 9.17) is 5.11 Å². The number of aromatic hydroxyl groups is 1. The second kappa shape index (κ2) is 3.98. The van der Waals surface area contributed by atoms with Gasteiger partial charge in [-0.05, 0) is 31.0 Å². The highest BCUT2D eigenvalue weighted by Gasteiger charge is 2.47. The van der Waals surface area contributed by atoms with E-state index in [9.17, 15) is 18.3 Å².